The number of benzene rings is 1. The van der Waals surface area contributed by atoms with Crippen LogP contribution in [0, 0.1) is 0 Å². The number of nitrogens with zero attached hydrogens (tertiary/aromatic N) is 2. The molecule has 3 nitrogen and oxygen atoms in total. The average molecular weight is 308 g/mol. The molecule has 1 heterocycles. The van der Waals surface area contributed by atoms with E-state index in [1.807, 2.05) is 48.3 Å². The van der Waals surface area contributed by atoms with Crippen molar-refractivity contribution in [1.29, 1.82) is 0 Å². The van der Waals surface area contributed by atoms with Gasteiger partial charge in [-0.05, 0) is 31.0 Å². The van der Waals surface area contributed by atoms with Crippen molar-refractivity contribution in [2.45, 2.75) is 32.4 Å². The minimum Gasteiger partial charge on any atom is -0.318 e. The molecule has 0 aliphatic carbocycles. The van der Waals surface area contributed by atoms with E-state index >= 15 is 0 Å². The summed E-state index contributed by atoms with van der Waals surface area (Å²) in [5.41, 5.74) is 8.07. The Labute approximate surface area is 116 Å². The molecule has 0 amide bonds. The Balaban J connectivity index is 2.31. The number of hydrogen-bond acceptors (Lipinski definition) is 2. The Kier molecular flexibility index (Phi) is 3.88. The average Bonchev–Trinajstić information content (AvgIpc) is 2.79. The van der Waals surface area contributed by atoms with Crippen molar-refractivity contribution in [2.75, 3.05) is 0 Å². The highest BCUT2D eigenvalue weighted by atomic mass is 79.9. The van der Waals surface area contributed by atoms with E-state index in [-0.39, 0.29) is 0 Å². The standard InChI is InChI=1S/C14H18BrN3/c1-3-8-18-10-12(9-17-18)14(2,16)11-4-6-13(15)7-5-11/h4-7,9-10H,3,8,16H2,1-2H3. The number of halogens is 1. The molecule has 1 aromatic heterocycles. The summed E-state index contributed by atoms with van der Waals surface area (Å²) in [6.45, 7) is 5.08. The first-order valence-corrected chi connectivity index (χ1v) is 6.91. The highest BCUT2D eigenvalue weighted by molar-refractivity contribution is 9.10. The normalized spacial score (nSPS) is 14.4. The Hall–Kier alpha value is -1.13. The summed E-state index contributed by atoms with van der Waals surface area (Å²) in [7, 11) is 0. The monoisotopic (exact) mass is 307 g/mol. The lowest BCUT2D eigenvalue weighted by Crippen LogP contribution is -2.33. The summed E-state index contributed by atoms with van der Waals surface area (Å²) in [5, 5.41) is 4.34. The first-order chi connectivity index (χ1) is 8.54. The Bertz CT molecular complexity index is 514. The zero-order valence-corrected chi connectivity index (χ0v) is 12.3. The van der Waals surface area contributed by atoms with Crippen LogP contribution < -0.4 is 5.73 Å². The van der Waals surface area contributed by atoms with Gasteiger partial charge >= 0.3 is 0 Å². The summed E-state index contributed by atoms with van der Waals surface area (Å²) in [6.07, 6.45) is 4.96. The van der Waals surface area contributed by atoms with Crippen molar-refractivity contribution < 1.29 is 0 Å². The van der Waals surface area contributed by atoms with Gasteiger partial charge in [-0.3, -0.25) is 4.68 Å². The topological polar surface area (TPSA) is 43.8 Å². The predicted octanol–water partition coefficient (Wildman–Crippen LogP) is 3.28. The third-order valence-electron chi connectivity index (χ3n) is 3.13. The van der Waals surface area contributed by atoms with Gasteiger partial charge in [0.1, 0.15) is 0 Å². The van der Waals surface area contributed by atoms with E-state index in [1.54, 1.807) is 0 Å². The lowest BCUT2D eigenvalue weighted by Gasteiger charge is -2.24. The van der Waals surface area contributed by atoms with Gasteiger partial charge in [-0.1, -0.05) is 35.0 Å². The zero-order chi connectivity index (χ0) is 13.2. The van der Waals surface area contributed by atoms with Gasteiger partial charge in [-0.25, -0.2) is 0 Å². The van der Waals surface area contributed by atoms with Gasteiger partial charge in [-0.2, -0.15) is 5.10 Å². The van der Waals surface area contributed by atoms with E-state index in [4.69, 9.17) is 5.73 Å². The van der Waals surface area contributed by atoms with E-state index in [2.05, 4.69) is 28.0 Å². The molecule has 18 heavy (non-hydrogen) atoms. The molecule has 0 saturated carbocycles. The Morgan fingerprint density at radius 3 is 2.56 bits per heavy atom. The van der Waals surface area contributed by atoms with Crippen molar-refractivity contribution in [2.24, 2.45) is 5.73 Å². The number of rotatable bonds is 4. The lowest BCUT2D eigenvalue weighted by atomic mass is 9.88. The first-order valence-electron chi connectivity index (χ1n) is 6.12. The molecule has 2 N–H and O–H groups in total. The number of aryl methyl sites for hydroxylation is 1. The van der Waals surface area contributed by atoms with Crippen LogP contribution in [0.25, 0.3) is 0 Å². The summed E-state index contributed by atoms with van der Waals surface area (Å²) in [4.78, 5) is 0. The smallest absolute Gasteiger partial charge is 0.0667 e. The molecule has 96 valence electrons. The number of aromatic nitrogens is 2. The maximum absolute atomic E-state index is 6.45. The van der Waals surface area contributed by atoms with Crippen LogP contribution in [0.4, 0.5) is 0 Å². The van der Waals surface area contributed by atoms with Gasteiger partial charge < -0.3 is 5.73 Å². The second kappa shape index (κ2) is 5.24. The second-order valence-electron chi connectivity index (χ2n) is 4.70. The van der Waals surface area contributed by atoms with Gasteiger partial charge in [0, 0.05) is 22.8 Å². The minimum absolute atomic E-state index is 0.507. The maximum atomic E-state index is 6.45. The summed E-state index contributed by atoms with van der Waals surface area (Å²) in [5.74, 6) is 0. The van der Waals surface area contributed by atoms with E-state index in [1.165, 1.54) is 0 Å². The fourth-order valence-electron chi connectivity index (χ4n) is 1.95. The summed E-state index contributed by atoms with van der Waals surface area (Å²) >= 11 is 3.44. The first kappa shape index (κ1) is 13.3. The van der Waals surface area contributed by atoms with Crippen LogP contribution in [0.3, 0.4) is 0 Å². The van der Waals surface area contributed by atoms with Crippen LogP contribution in [-0.2, 0) is 12.1 Å². The molecule has 0 fully saturated rings. The van der Waals surface area contributed by atoms with E-state index in [0.717, 1.165) is 28.6 Å². The molecule has 0 aliphatic heterocycles. The SMILES string of the molecule is CCCn1cc(C(C)(N)c2ccc(Br)cc2)cn1. The molecule has 0 spiro atoms. The van der Waals surface area contributed by atoms with Crippen LogP contribution in [-0.4, -0.2) is 9.78 Å². The van der Waals surface area contributed by atoms with Crippen LogP contribution in [0.15, 0.2) is 41.1 Å². The van der Waals surface area contributed by atoms with Crippen LogP contribution in [0.5, 0.6) is 0 Å². The third-order valence-corrected chi connectivity index (χ3v) is 3.66. The van der Waals surface area contributed by atoms with E-state index in [0.29, 0.717) is 0 Å². The Morgan fingerprint density at radius 1 is 1.28 bits per heavy atom. The van der Waals surface area contributed by atoms with E-state index < -0.39 is 5.54 Å². The molecule has 2 aromatic rings. The molecular weight excluding hydrogens is 290 g/mol. The minimum atomic E-state index is -0.507. The predicted molar refractivity (Wildman–Crippen MR) is 77.3 cm³/mol. The third kappa shape index (κ3) is 2.65. The van der Waals surface area contributed by atoms with Crippen LogP contribution in [0.1, 0.15) is 31.4 Å². The van der Waals surface area contributed by atoms with Gasteiger partial charge in [0.2, 0.25) is 0 Å². The zero-order valence-electron chi connectivity index (χ0n) is 10.7. The van der Waals surface area contributed by atoms with Crippen molar-refractivity contribution in [3.63, 3.8) is 0 Å². The van der Waals surface area contributed by atoms with Crippen molar-refractivity contribution in [3.05, 3.63) is 52.3 Å². The Morgan fingerprint density at radius 2 is 1.94 bits per heavy atom. The molecule has 0 saturated heterocycles. The molecule has 1 atom stereocenters. The molecule has 0 radical (unpaired) electrons. The summed E-state index contributed by atoms with van der Waals surface area (Å²) in [6, 6.07) is 8.11. The molecule has 2 rings (SSSR count). The van der Waals surface area contributed by atoms with Gasteiger partial charge in [0.25, 0.3) is 0 Å². The molecule has 1 aromatic carbocycles. The number of nitrogens with two attached hydrogens (primary N) is 1. The van der Waals surface area contributed by atoms with Crippen LogP contribution >= 0.6 is 15.9 Å². The quantitative estimate of drug-likeness (QED) is 0.942. The van der Waals surface area contributed by atoms with Gasteiger partial charge in [0.05, 0.1) is 11.7 Å². The molecule has 4 heteroatoms. The fraction of sp³-hybridized carbons (Fsp3) is 0.357. The maximum Gasteiger partial charge on any atom is 0.0667 e. The van der Waals surface area contributed by atoms with Crippen molar-refractivity contribution in [1.82, 2.24) is 9.78 Å². The highest BCUT2D eigenvalue weighted by Gasteiger charge is 2.25. The number of hydrogen-bond donors (Lipinski definition) is 1. The highest BCUT2D eigenvalue weighted by Crippen LogP contribution is 2.27. The van der Waals surface area contributed by atoms with Crippen molar-refractivity contribution in [3.8, 4) is 0 Å². The van der Waals surface area contributed by atoms with Gasteiger partial charge in [-0.15, -0.1) is 0 Å². The molecular formula is C14H18BrN3. The summed E-state index contributed by atoms with van der Waals surface area (Å²) < 4.78 is 3.00. The van der Waals surface area contributed by atoms with Crippen molar-refractivity contribution >= 4 is 15.9 Å². The van der Waals surface area contributed by atoms with Crippen LogP contribution in [0.2, 0.25) is 0 Å². The van der Waals surface area contributed by atoms with E-state index in [9.17, 15) is 0 Å². The second-order valence-corrected chi connectivity index (χ2v) is 5.62. The van der Waals surface area contributed by atoms with Gasteiger partial charge in [0.15, 0.2) is 0 Å². The molecule has 1 unspecified atom stereocenters. The fourth-order valence-corrected chi connectivity index (χ4v) is 2.21. The lowest BCUT2D eigenvalue weighted by molar-refractivity contribution is 0.586. The molecule has 0 aliphatic rings. The molecule has 0 bridgehead atoms. The largest absolute Gasteiger partial charge is 0.318 e.